The smallest absolute Gasteiger partial charge is 0.128 e. The van der Waals surface area contributed by atoms with Gasteiger partial charge in [0.25, 0.3) is 0 Å². The van der Waals surface area contributed by atoms with E-state index in [2.05, 4.69) is 21.8 Å². The summed E-state index contributed by atoms with van der Waals surface area (Å²) in [5.41, 5.74) is 1.64. The number of nitrogens with zero attached hydrogens (tertiary/aromatic N) is 2. The first-order valence-corrected chi connectivity index (χ1v) is 7.09. The van der Waals surface area contributed by atoms with E-state index in [0.29, 0.717) is 12.0 Å². The predicted molar refractivity (Wildman–Crippen MR) is 79.2 cm³/mol. The van der Waals surface area contributed by atoms with Crippen molar-refractivity contribution in [3.63, 3.8) is 0 Å². The van der Waals surface area contributed by atoms with Gasteiger partial charge in [-0.3, -0.25) is 0 Å². The quantitative estimate of drug-likeness (QED) is 0.877. The lowest BCUT2D eigenvalue weighted by atomic mass is 10.0. The molecule has 1 N–H and O–H groups in total. The minimum Gasteiger partial charge on any atom is -0.335 e. The summed E-state index contributed by atoms with van der Waals surface area (Å²) in [5.74, 6) is 0.837. The molecule has 1 atom stereocenters. The molecule has 0 aliphatic rings. The van der Waals surface area contributed by atoms with Crippen molar-refractivity contribution in [3.8, 4) is 0 Å². The summed E-state index contributed by atoms with van der Waals surface area (Å²) in [6, 6.07) is 5.33. The van der Waals surface area contributed by atoms with Crippen molar-refractivity contribution in [2.24, 2.45) is 0 Å². The maximum absolute atomic E-state index is 14.1. The summed E-state index contributed by atoms with van der Waals surface area (Å²) in [6.07, 6.45) is 5.54. The number of nitrogens with one attached hydrogen (secondary N) is 1. The Labute approximate surface area is 119 Å². The van der Waals surface area contributed by atoms with Crippen molar-refractivity contribution in [3.05, 3.63) is 53.4 Å². The van der Waals surface area contributed by atoms with Crippen LogP contribution >= 0.6 is 0 Å². The molecule has 0 fully saturated rings. The number of halogens is 1. The molecule has 2 aromatic rings. The largest absolute Gasteiger partial charge is 0.335 e. The molecular formula is C16H22FN3. The van der Waals surface area contributed by atoms with Gasteiger partial charge >= 0.3 is 0 Å². The fraction of sp³-hybridized carbons (Fsp3) is 0.438. The molecule has 0 aliphatic carbocycles. The molecular weight excluding hydrogens is 253 g/mol. The zero-order valence-corrected chi connectivity index (χ0v) is 12.4. The number of aromatic nitrogens is 2. The third kappa shape index (κ3) is 3.25. The number of rotatable bonds is 6. The lowest BCUT2D eigenvalue weighted by Gasteiger charge is -2.18. The number of hydrogen-bond acceptors (Lipinski definition) is 2. The molecule has 20 heavy (non-hydrogen) atoms. The van der Waals surface area contributed by atoms with Crippen molar-refractivity contribution in [1.82, 2.24) is 14.9 Å². The minimum atomic E-state index is -0.155. The summed E-state index contributed by atoms with van der Waals surface area (Å²) in [5, 5.41) is 3.19. The van der Waals surface area contributed by atoms with E-state index in [1.54, 1.807) is 6.07 Å². The predicted octanol–water partition coefficient (Wildman–Crippen LogP) is 3.24. The van der Waals surface area contributed by atoms with Crippen LogP contribution < -0.4 is 5.32 Å². The van der Waals surface area contributed by atoms with Gasteiger partial charge < -0.3 is 9.88 Å². The Kier molecular flexibility index (Phi) is 4.90. The fourth-order valence-corrected chi connectivity index (χ4v) is 2.44. The van der Waals surface area contributed by atoms with E-state index < -0.39 is 0 Å². The number of benzene rings is 1. The van der Waals surface area contributed by atoms with Gasteiger partial charge in [0.2, 0.25) is 0 Å². The van der Waals surface area contributed by atoms with Crippen LogP contribution in [0.25, 0.3) is 0 Å². The van der Waals surface area contributed by atoms with Crippen molar-refractivity contribution in [2.75, 3.05) is 7.05 Å². The van der Waals surface area contributed by atoms with Crippen molar-refractivity contribution in [2.45, 2.75) is 39.3 Å². The number of likely N-dealkylation sites (N-methyl/N-ethyl adjacent to an activating group) is 1. The van der Waals surface area contributed by atoms with Crippen LogP contribution in [0.2, 0.25) is 0 Å². The maximum atomic E-state index is 14.1. The molecule has 4 heteroatoms. The van der Waals surface area contributed by atoms with Gasteiger partial charge in [-0.05, 0) is 32.0 Å². The van der Waals surface area contributed by atoms with Crippen LogP contribution in [0.3, 0.4) is 0 Å². The highest BCUT2D eigenvalue weighted by atomic mass is 19.1. The van der Waals surface area contributed by atoms with E-state index in [1.165, 1.54) is 0 Å². The second-order valence-corrected chi connectivity index (χ2v) is 5.11. The SMILES string of the molecule is CCCn1ccnc1CC(NC)c1ccc(C)cc1F. The standard InChI is InChI=1S/C16H22FN3/c1-4-8-20-9-7-19-16(20)11-15(18-3)13-6-5-12(2)10-14(13)17/h5-7,9-10,15,18H,4,8,11H2,1-3H3. The van der Waals surface area contributed by atoms with Crippen molar-refractivity contribution in [1.29, 1.82) is 0 Å². The monoisotopic (exact) mass is 275 g/mol. The maximum Gasteiger partial charge on any atom is 0.128 e. The van der Waals surface area contributed by atoms with Gasteiger partial charge in [0.05, 0.1) is 0 Å². The first-order chi connectivity index (χ1) is 9.65. The summed E-state index contributed by atoms with van der Waals surface area (Å²) in [7, 11) is 1.86. The van der Waals surface area contributed by atoms with E-state index in [-0.39, 0.29) is 11.9 Å². The molecule has 0 saturated heterocycles. The second kappa shape index (κ2) is 6.66. The van der Waals surface area contributed by atoms with Crippen LogP contribution in [0.4, 0.5) is 4.39 Å². The second-order valence-electron chi connectivity index (χ2n) is 5.11. The molecule has 1 aromatic heterocycles. The molecule has 1 heterocycles. The third-order valence-corrected chi connectivity index (χ3v) is 3.53. The van der Waals surface area contributed by atoms with Gasteiger partial charge in [0.15, 0.2) is 0 Å². The zero-order valence-electron chi connectivity index (χ0n) is 12.4. The van der Waals surface area contributed by atoms with E-state index in [4.69, 9.17) is 0 Å². The van der Waals surface area contributed by atoms with E-state index in [9.17, 15) is 4.39 Å². The summed E-state index contributed by atoms with van der Waals surface area (Å²) in [6.45, 7) is 4.98. The summed E-state index contributed by atoms with van der Waals surface area (Å²) in [4.78, 5) is 4.40. The third-order valence-electron chi connectivity index (χ3n) is 3.53. The van der Waals surface area contributed by atoms with Gasteiger partial charge in [0, 0.05) is 37.0 Å². The zero-order chi connectivity index (χ0) is 14.5. The average Bonchev–Trinajstić information content (AvgIpc) is 2.84. The Morgan fingerprint density at radius 2 is 2.20 bits per heavy atom. The molecule has 0 spiro atoms. The molecule has 108 valence electrons. The summed E-state index contributed by atoms with van der Waals surface area (Å²) >= 11 is 0. The van der Waals surface area contributed by atoms with Crippen molar-refractivity contribution < 1.29 is 4.39 Å². The van der Waals surface area contributed by atoms with Gasteiger partial charge in [0.1, 0.15) is 11.6 Å². The number of imidazole rings is 1. The molecule has 2 rings (SSSR count). The van der Waals surface area contributed by atoms with Crippen LogP contribution in [-0.4, -0.2) is 16.6 Å². The minimum absolute atomic E-state index is 0.0615. The Bertz CT molecular complexity index is 563. The Morgan fingerprint density at radius 1 is 1.40 bits per heavy atom. The molecule has 1 aromatic carbocycles. The molecule has 0 bridgehead atoms. The Hall–Kier alpha value is -1.68. The van der Waals surface area contributed by atoms with E-state index in [1.807, 2.05) is 38.5 Å². The molecule has 0 radical (unpaired) electrons. The van der Waals surface area contributed by atoms with Crippen molar-refractivity contribution >= 4 is 0 Å². The Morgan fingerprint density at radius 3 is 2.85 bits per heavy atom. The van der Waals surface area contributed by atoms with Gasteiger partial charge in [-0.25, -0.2) is 9.37 Å². The molecule has 0 saturated carbocycles. The highest BCUT2D eigenvalue weighted by Crippen LogP contribution is 2.21. The topological polar surface area (TPSA) is 29.9 Å². The van der Waals surface area contributed by atoms with Crippen LogP contribution in [0.1, 0.15) is 36.3 Å². The van der Waals surface area contributed by atoms with Crippen LogP contribution in [0.5, 0.6) is 0 Å². The lowest BCUT2D eigenvalue weighted by molar-refractivity contribution is 0.510. The van der Waals surface area contributed by atoms with Gasteiger partial charge in [-0.15, -0.1) is 0 Å². The van der Waals surface area contributed by atoms with Gasteiger partial charge in [-0.2, -0.15) is 0 Å². The molecule has 3 nitrogen and oxygen atoms in total. The first kappa shape index (κ1) is 14.7. The fourth-order valence-electron chi connectivity index (χ4n) is 2.44. The molecule has 1 unspecified atom stereocenters. The summed E-state index contributed by atoms with van der Waals surface area (Å²) < 4.78 is 16.2. The highest BCUT2D eigenvalue weighted by Gasteiger charge is 2.17. The highest BCUT2D eigenvalue weighted by molar-refractivity contribution is 5.26. The first-order valence-electron chi connectivity index (χ1n) is 7.09. The van der Waals surface area contributed by atoms with E-state index >= 15 is 0 Å². The average molecular weight is 275 g/mol. The molecule has 0 amide bonds. The van der Waals surface area contributed by atoms with Gasteiger partial charge in [-0.1, -0.05) is 19.1 Å². The van der Waals surface area contributed by atoms with Crippen LogP contribution in [0, 0.1) is 12.7 Å². The van der Waals surface area contributed by atoms with Crippen LogP contribution in [-0.2, 0) is 13.0 Å². The normalized spacial score (nSPS) is 12.6. The number of hydrogen-bond donors (Lipinski definition) is 1. The lowest BCUT2D eigenvalue weighted by Crippen LogP contribution is -2.22. The Balaban J connectivity index is 2.22. The molecule has 0 aliphatic heterocycles. The van der Waals surface area contributed by atoms with Crippen LogP contribution in [0.15, 0.2) is 30.6 Å². The van der Waals surface area contributed by atoms with E-state index in [0.717, 1.165) is 24.4 Å². The number of aryl methyl sites for hydroxylation is 2.